The Bertz CT molecular complexity index is 703. The van der Waals surface area contributed by atoms with E-state index in [9.17, 15) is 0 Å². The summed E-state index contributed by atoms with van der Waals surface area (Å²) in [4.78, 5) is 0.882. The predicted molar refractivity (Wildman–Crippen MR) is 68.8 cm³/mol. The van der Waals surface area contributed by atoms with Gasteiger partial charge in [-0.1, -0.05) is 29.9 Å². The first kappa shape index (κ1) is 11.5. The van der Waals surface area contributed by atoms with Gasteiger partial charge < -0.3 is 0 Å². The predicted octanol–water partition coefficient (Wildman–Crippen LogP) is 2.42. The Morgan fingerprint density at radius 1 is 1.22 bits per heavy atom. The van der Waals surface area contributed by atoms with Crippen LogP contribution in [0.25, 0.3) is 16.3 Å². The van der Waals surface area contributed by atoms with Gasteiger partial charge in [0.25, 0.3) is 0 Å². The van der Waals surface area contributed by atoms with Crippen LogP contribution >= 0.6 is 23.1 Å². The van der Waals surface area contributed by atoms with Crippen molar-refractivity contribution in [3.05, 3.63) is 23.0 Å². The monoisotopic (exact) mass is 280 g/mol. The molecular weight excluding hydrogens is 272 g/mol. The van der Waals surface area contributed by atoms with Gasteiger partial charge in [-0.05, 0) is 29.6 Å². The largest absolute Gasteiger partial charge is 0.198 e. The molecule has 6 nitrogen and oxygen atoms in total. The van der Waals surface area contributed by atoms with Crippen LogP contribution in [0.1, 0.15) is 25.5 Å². The summed E-state index contributed by atoms with van der Waals surface area (Å²) >= 11 is 7.18. The van der Waals surface area contributed by atoms with Crippen LogP contribution in [0.5, 0.6) is 0 Å². The fourth-order valence-electron chi connectivity index (χ4n) is 1.64. The number of halogens is 1. The highest BCUT2D eigenvalue weighted by Crippen LogP contribution is 2.29. The van der Waals surface area contributed by atoms with Crippen LogP contribution in [-0.2, 0) is 0 Å². The van der Waals surface area contributed by atoms with Gasteiger partial charge in [0.15, 0.2) is 11.5 Å². The molecule has 3 aromatic heterocycles. The maximum Gasteiger partial charge on any atom is 0.198 e. The Labute approximate surface area is 112 Å². The summed E-state index contributed by atoms with van der Waals surface area (Å²) in [5, 5.41) is 16.9. The number of aromatic nitrogens is 6. The van der Waals surface area contributed by atoms with Crippen LogP contribution in [-0.4, -0.2) is 29.4 Å². The minimum atomic E-state index is 0.269. The average molecular weight is 281 g/mol. The van der Waals surface area contributed by atoms with Gasteiger partial charge in [-0.25, -0.2) is 0 Å². The average Bonchev–Trinajstić information content (AvgIpc) is 2.92. The van der Waals surface area contributed by atoms with Crippen molar-refractivity contribution in [1.29, 1.82) is 0 Å². The molecule has 3 heterocycles. The van der Waals surface area contributed by atoms with E-state index in [1.165, 1.54) is 11.5 Å². The van der Waals surface area contributed by atoms with Gasteiger partial charge >= 0.3 is 0 Å². The highest BCUT2D eigenvalue weighted by atomic mass is 35.5. The van der Waals surface area contributed by atoms with E-state index in [-0.39, 0.29) is 5.92 Å². The maximum absolute atomic E-state index is 5.90. The minimum absolute atomic E-state index is 0.269. The van der Waals surface area contributed by atoms with Crippen molar-refractivity contribution in [3.8, 4) is 10.7 Å². The third-order valence-electron chi connectivity index (χ3n) is 2.49. The van der Waals surface area contributed by atoms with Gasteiger partial charge in [-0.3, -0.25) is 0 Å². The second-order valence-electron chi connectivity index (χ2n) is 4.09. The SMILES string of the molecule is CC(C)c1nnsc1-c1nnc2ccc(Cl)nn12. The van der Waals surface area contributed by atoms with Gasteiger partial charge in [0, 0.05) is 0 Å². The maximum atomic E-state index is 5.90. The molecule has 0 spiro atoms. The molecule has 8 heteroatoms. The van der Waals surface area contributed by atoms with E-state index in [1.807, 2.05) is 0 Å². The summed E-state index contributed by atoms with van der Waals surface area (Å²) in [6.07, 6.45) is 0. The first-order valence-corrected chi connectivity index (χ1v) is 6.52. The Balaban J connectivity index is 2.25. The number of hydrogen-bond acceptors (Lipinski definition) is 6. The smallest absolute Gasteiger partial charge is 0.190 e. The molecule has 0 aliphatic rings. The van der Waals surface area contributed by atoms with Crippen molar-refractivity contribution in [2.45, 2.75) is 19.8 Å². The Morgan fingerprint density at radius 3 is 2.83 bits per heavy atom. The van der Waals surface area contributed by atoms with Crippen molar-refractivity contribution in [2.75, 3.05) is 0 Å². The van der Waals surface area contributed by atoms with Gasteiger partial charge in [0.2, 0.25) is 0 Å². The van der Waals surface area contributed by atoms with E-state index >= 15 is 0 Å². The topological polar surface area (TPSA) is 68.9 Å². The molecule has 0 aliphatic carbocycles. The van der Waals surface area contributed by atoms with Crippen LogP contribution in [0, 0.1) is 0 Å². The lowest BCUT2D eigenvalue weighted by molar-refractivity contribution is 0.810. The molecule has 0 bridgehead atoms. The minimum Gasteiger partial charge on any atom is -0.190 e. The van der Waals surface area contributed by atoms with E-state index < -0.39 is 0 Å². The molecule has 0 radical (unpaired) electrons. The first-order chi connectivity index (χ1) is 8.66. The second kappa shape index (κ2) is 4.25. The summed E-state index contributed by atoms with van der Waals surface area (Å²) in [6.45, 7) is 4.12. The van der Waals surface area contributed by atoms with E-state index in [1.54, 1.807) is 16.6 Å². The van der Waals surface area contributed by atoms with E-state index in [0.29, 0.717) is 16.6 Å². The zero-order chi connectivity index (χ0) is 12.7. The molecule has 0 saturated carbocycles. The fourth-order valence-corrected chi connectivity index (χ4v) is 2.57. The third kappa shape index (κ3) is 1.75. The highest BCUT2D eigenvalue weighted by Gasteiger charge is 2.19. The molecule has 3 rings (SSSR count). The molecule has 3 aromatic rings. The lowest BCUT2D eigenvalue weighted by atomic mass is 10.1. The number of nitrogens with zero attached hydrogens (tertiary/aromatic N) is 6. The van der Waals surface area contributed by atoms with E-state index in [0.717, 1.165) is 10.6 Å². The Kier molecular flexibility index (Phi) is 2.71. The molecule has 0 unspecified atom stereocenters. The Hall–Kier alpha value is -1.60. The summed E-state index contributed by atoms with van der Waals surface area (Å²) in [5.74, 6) is 0.900. The molecule has 0 fully saturated rings. The summed E-state index contributed by atoms with van der Waals surface area (Å²) in [7, 11) is 0. The van der Waals surface area contributed by atoms with Crippen molar-refractivity contribution < 1.29 is 0 Å². The van der Waals surface area contributed by atoms with Gasteiger partial charge in [-0.2, -0.15) is 9.61 Å². The third-order valence-corrected chi connectivity index (χ3v) is 3.43. The van der Waals surface area contributed by atoms with Crippen molar-refractivity contribution in [3.63, 3.8) is 0 Å². The lowest BCUT2D eigenvalue weighted by Gasteiger charge is -2.01. The highest BCUT2D eigenvalue weighted by molar-refractivity contribution is 7.09. The summed E-state index contributed by atoms with van der Waals surface area (Å²) in [5.41, 5.74) is 1.55. The van der Waals surface area contributed by atoms with Crippen molar-refractivity contribution >= 4 is 28.8 Å². The molecule has 0 aliphatic heterocycles. The zero-order valence-electron chi connectivity index (χ0n) is 9.70. The molecule has 0 amide bonds. The number of rotatable bonds is 2. The molecule has 18 heavy (non-hydrogen) atoms. The summed E-state index contributed by atoms with van der Waals surface area (Å²) in [6, 6.07) is 3.46. The van der Waals surface area contributed by atoms with Gasteiger partial charge in [0.05, 0.1) is 5.69 Å². The first-order valence-electron chi connectivity index (χ1n) is 5.37. The molecule has 0 aromatic carbocycles. The standard InChI is InChI=1S/C10H9ClN6S/c1-5(2)8-9(18-16-13-8)10-14-12-7-4-3-6(11)15-17(7)10/h3-5H,1-2H3. The molecule has 92 valence electrons. The van der Waals surface area contributed by atoms with Gasteiger partial charge in [-0.15, -0.1) is 15.3 Å². The molecule has 0 atom stereocenters. The van der Waals surface area contributed by atoms with Gasteiger partial charge in [0.1, 0.15) is 10.0 Å². The zero-order valence-corrected chi connectivity index (χ0v) is 11.3. The lowest BCUT2D eigenvalue weighted by Crippen LogP contribution is -1.97. The summed E-state index contributed by atoms with van der Waals surface area (Å²) < 4.78 is 5.59. The van der Waals surface area contributed by atoms with Crippen molar-refractivity contribution in [2.24, 2.45) is 0 Å². The number of hydrogen-bond donors (Lipinski definition) is 0. The van der Waals surface area contributed by atoms with Crippen LogP contribution in [0.4, 0.5) is 0 Å². The normalized spacial score (nSPS) is 11.6. The van der Waals surface area contributed by atoms with E-state index in [4.69, 9.17) is 11.6 Å². The fraction of sp³-hybridized carbons (Fsp3) is 0.300. The van der Waals surface area contributed by atoms with E-state index in [2.05, 4.69) is 38.7 Å². The molecular formula is C10H9ClN6S. The molecule has 0 saturated heterocycles. The number of fused-ring (bicyclic) bond motifs is 1. The quantitative estimate of drug-likeness (QED) is 0.721. The van der Waals surface area contributed by atoms with Crippen LogP contribution in [0.3, 0.4) is 0 Å². The van der Waals surface area contributed by atoms with Crippen LogP contribution in [0.2, 0.25) is 5.15 Å². The molecule has 0 N–H and O–H groups in total. The second-order valence-corrected chi connectivity index (χ2v) is 5.23. The van der Waals surface area contributed by atoms with Crippen molar-refractivity contribution in [1.82, 2.24) is 29.4 Å². The Morgan fingerprint density at radius 2 is 2.06 bits per heavy atom. The van der Waals surface area contributed by atoms with Crippen LogP contribution in [0.15, 0.2) is 12.1 Å². The van der Waals surface area contributed by atoms with Crippen LogP contribution < -0.4 is 0 Å².